The Balaban J connectivity index is 0.00000320. The molecule has 0 spiro atoms. The van der Waals surface area contributed by atoms with E-state index in [2.05, 4.69) is 44.8 Å². The predicted molar refractivity (Wildman–Crippen MR) is 131 cm³/mol. The van der Waals surface area contributed by atoms with Crippen molar-refractivity contribution in [1.82, 2.24) is 15.5 Å². The van der Waals surface area contributed by atoms with E-state index < -0.39 is 0 Å². The number of guanidine groups is 1. The number of nitrogens with one attached hydrogen (secondary N) is 2. The molecule has 8 heteroatoms. The number of aliphatic imine (C=N–C) groups is 1. The minimum atomic E-state index is -0.383. The summed E-state index contributed by atoms with van der Waals surface area (Å²) in [5, 5.41) is 17.4. The monoisotopic (exact) mass is 523 g/mol. The number of hydrogen-bond acceptors (Lipinski definition) is 4. The highest BCUT2D eigenvalue weighted by molar-refractivity contribution is 14.0. The quantitative estimate of drug-likeness (QED) is 0.188. The first-order valence-electron chi connectivity index (χ1n) is 10.1. The average molecular weight is 523 g/mol. The SMILES string of the molecule is CN=C(NCc1ccc(CN2CCCCC2)cc1)NCc1cccc([N+](=O)[O-])c1.I. The van der Waals surface area contributed by atoms with E-state index in [-0.39, 0.29) is 34.6 Å². The van der Waals surface area contributed by atoms with Gasteiger partial charge in [-0.2, -0.15) is 0 Å². The summed E-state index contributed by atoms with van der Waals surface area (Å²) < 4.78 is 0. The summed E-state index contributed by atoms with van der Waals surface area (Å²) in [5.74, 6) is 0.661. The number of benzene rings is 2. The molecule has 0 aromatic heterocycles. The Bertz CT molecular complexity index is 836. The molecular formula is C22H30IN5O2. The molecule has 0 saturated carbocycles. The van der Waals surface area contributed by atoms with Gasteiger partial charge in [-0.1, -0.05) is 42.8 Å². The number of rotatable bonds is 7. The van der Waals surface area contributed by atoms with Crippen LogP contribution in [-0.2, 0) is 19.6 Å². The zero-order valence-electron chi connectivity index (χ0n) is 17.3. The highest BCUT2D eigenvalue weighted by Gasteiger charge is 2.10. The summed E-state index contributed by atoms with van der Waals surface area (Å²) in [6.07, 6.45) is 3.98. The third-order valence-electron chi connectivity index (χ3n) is 5.14. The minimum absolute atomic E-state index is 0. The molecule has 0 atom stereocenters. The Morgan fingerprint density at radius 2 is 1.63 bits per heavy atom. The van der Waals surface area contributed by atoms with Gasteiger partial charge in [0.15, 0.2) is 5.96 Å². The van der Waals surface area contributed by atoms with Crippen LogP contribution in [0.5, 0.6) is 0 Å². The maximum Gasteiger partial charge on any atom is 0.269 e. The predicted octanol–water partition coefficient (Wildman–Crippen LogP) is 4.06. The van der Waals surface area contributed by atoms with Crippen molar-refractivity contribution >= 4 is 35.6 Å². The standard InChI is InChI=1S/C22H29N5O2.HI/c1-23-22(25-16-20-6-5-7-21(14-20)27(28)29)24-15-18-8-10-19(11-9-18)17-26-12-3-2-4-13-26;/h5-11,14H,2-4,12-13,15-17H2,1H3,(H2,23,24,25);1H. The number of halogens is 1. The lowest BCUT2D eigenvalue weighted by atomic mass is 10.1. The van der Waals surface area contributed by atoms with Crippen molar-refractivity contribution in [1.29, 1.82) is 0 Å². The van der Waals surface area contributed by atoms with E-state index in [1.165, 1.54) is 49.5 Å². The Kier molecular flexibility index (Phi) is 10.0. The second-order valence-corrected chi connectivity index (χ2v) is 7.36. The highest BCUT2D eigenvalue weighted by Crippen LogP contribution is 2.14. The fourth-order valence-electron chi connectivity index (χ4n) is 3.51. The summed E-state index contributed by atoms with van der Waals surface area (Å²) >= 11 is 0. The second kappa shape index (κ2) is 12.5. The summed E-state index contributed by atoms with van der Waals surface area (Å²) in [6, 6.07) is 15.3. The second-order valence-electron chi connectivity index (χ2n) is 7.36. The van der Waals surface area contributed by atoms with Crippen molar-refractivity contribution in [2.75, 3.05) is 20.1 Å². The van der Waals surface area contributed by atoms with Gasteiger partial charge in [-0.05, 0) is 42.6 Å². The van der Waals surface area contributed by atoms with Gasteiger partial charge in [0.25, 0.3) is 5.69 Å². The largest absolute Gasteiger partial charge is 0.352 e. The molecule has 0 radical (unpaired) electrons. The van der Waals surface area contributed by atoms with Crippen LogP contribution in [0.25, 0.3) is 0 Å². The van der Waals surface area contributed by atoms with Crippen LogP contribution in [0.15, 0.2) is 53.5 Å². The van der Waals surface area contributed by atoms with Gasteiger partial charge in [0, 0.05) is 38.8 Å². The molecule has 30 heavy (non-hydrogen) atoms. The van der Waals surface area contributed by atoms with E-state index in [4.69, 9.17) is 0 Å². The van der Waals surface area contributed by atoms with E-state index in [1.54, 1.807) is 19.2 Å². The number of non-ortho nitro benzene ring substituents is 1. The molecule has 2 aromatic carbocycles. The van der Waals surface area contributed by atoms with Crippen molar-refractivity contribution in [2.45, 2.75) is 38.9 Å². The van der Waals surface area contributed by atoms with Crippen molar-refractivity contribution in [3.63, 3.8) is 0 Å². The minimum Gasteiger partial charge on any atom is -0.352 e. The Labute approximate surface area is 195 Å². The van der Waals surface area contributed by atoms with Crippen LogP contribution in [0.2, 0.25) is 0 Å². The van der Waals surface area contributed by atoms with Crippen LogP contribution >= 0.6 is 24.0 Å². The molecule has 7 nitrogen and oxygen atoms in total. The lowest BCUT2D eigenvalue weighted by molar-refractivity contribution is -0.384. The molecule has 162 valence electrons. The van der Waals surface area contributed by atoms with Crippen molar-refractivity contribution in [3.05, 3.63) is 75.3 Å². The van der Waals surface area contributed by atoms with Crippen LogP contribution < -0.4 is 10.6 Å². The normalized spacial score (nSPS) is 14.6. The molecule has 0 bridgehead atoms. The number of nitro benzene ring substituents is 1. The number of nitrogens with zero attached hydrogens (tertiary/aromatic N) is 3. The number of nitro groups is 1. The molecule has 2 N–H and O–H groups in total. The van der Waals surface area contributed by atoms with Gasteiger partial charge in [0.05, 0.1) is 4.92 Å². The number of likely N-dealkylation sites (tertiary alicyclic amines) is 1. The van der Waals surface area contributed by atoms with Crippen molar-refractivity contribution < 1.29 is 4.92 Å². The van der Waals surface area contributed by atoms with E-state index >= 15 is 0 Å². The Morgan fingerprint density at radius 1 is 1.00 bits per heavy atom. The van der Waals surface area contributed by atoms with E-state index in [1.807, 2.05) is 6.07 Å². The first-order valence-corrected chi connectivity index (χ1v) is 10.1. The van der Waals surface area contributed by atoms with Crippen LogP contribution in [-0.4, -0.2) is 35.9 Å². The van der Waals surface area contributed by atoms with Gasteiger partial charge in [0.1, 0.15) is 0 Å². The third kappa shape index (κ3) is 7.56. The molecule has 0 aliphatic carbocycles. The summed E-state index contributed by atoms with van der Waals surface area (Å²) in [6.45, 7) is 4.57. The molecule has 1 aliphatic heterocycles. The molecule has 1 saturated heterocycles. The fourth-order valence-corrected chi connectivity index (χ4v) is 3.51. The molecule has 0 unspecified atom stereocenters. The highest BCUT2D eigenvalue weighted by atomic mass is 127. The van der Waals surface area contributed by atoms with Crippen LogP contribution in [0.4, 0.5) is 5.69 Å². The summed E-state index contributed by atoms with van der Waals surface area (Å²) in [7, 11) is 1.71. The lowest BCUT2D eigenvalue weighted by Gasteiger charge is -2.26. The van der Waals surface area contributed by atoms with E-state index in [0.29, 0.717) is 19.0 Å². The zero-order chi connectivity index (χ0) is 20.5. The number of hydrogen-bond donors (Lipinski definition) is 2. The first-order chi connectivity index (χ1) is 14.1. The van der Waals surface area contributed by atoms with Gasteiger partial charge in [-0.15, -0.1) is 24.0 Å². The van der Waals surface area contributed by atoms with Crippen molar-refractivity contribution in [3.8, 4) is 0 Å². The smallest absolute Gasteiger partial charge is 0.269 e. The van der Waals surface area contributed by atoms with Gasteiger partial charge in [-0.3, -0.25) is 20.0 Å². The van der Waals surface area contributed by atoms with E-state index in [0.717, 1.165) is 12.1 Å². The number of piperidine rings is 1. The Hall–Kier alpha value is -2.20. The summed E-state index contributed by atoms with van der Waals surface area (Å²) in [4.78, 5) is 17.3. The Morgan fingerprint density at radius 3 is 2.27 bits per heavy atom. The molecule has 3 rings (SSSR count). The van der Waals surface area contributed by atoms with Crippen LogP contribution in [0.1, 0.15) is 36.0 Å². The molecular weight excluding hydrogens is 493 g/mol. The molecule has 0 amide bonds. The van der Waals surface area contributed by atoms with Crippen molar-refractivity contribution in [2.24, 2.45) is 4.99 Å². The molecule has 1 fully saturated rings. The maximum atomic E-state index is 10.9. The molecule has 1 aliphatic rings. The van der Waals surface area contributed by atoms with E-state index in [9.17, 15) is 10.1 Å². The fraction of sp³-hybridized carbons (Fsp3) is 0.409. The van der Waals surface area contributed by atoms with Gasteiger partial charge >= 0.3 is 0 Å². The summed E-state index contributed by atoms with van der Waals surface area (Å²) in [5.41, 5.74) is 3.47. The molecule has 1 heterocycles. The third-order valence-corrected chi connectivity index (χ3v) is 5.14. The zero-order valence-corrected chi connectivity index (χ0v) is 19.7. The van der Waals surface area contributed by atoms with Gasteiger partial charge < -0.3 is 10.6 Å². The lowest BCUT2D eigenvalue weighted by Crippen LogP contribution is -2.36. The van der Waals surface area contributed by atoms with Gasteiger partial charge in [-0.25, -0.2) is 0 Å². The molecule has 2 aromatic rings. The van der Waals surface area contributed by atoms with Crippen LogP contribution in [0.3, 0.4) is 0 Å². The topological polar surface area (TPSA) is 82.8 Å². The average Bonchev–Trinajstić information content (AvgIpc) is 2.76. The maximum absolute atomic E-state index is 10.9. The van der Waals surface area contributed by atoms with Crippen LogP contribution in [0, 0.1) is 10.1 Å². The first kappa shape index (κ1) is 24.1. The van der Waals surface area contributed by atoms with Gasteiger partial charge in [0.2, 0.25) is 0 Å².